The Morgan fingerprint density at radius 2 is 0.548 bits per heavy atom. The number of nitrogens with one attached hydrogen (secondary N) is 1. The molecule has 4 aromatic carbocycles. The van der Waals surface area contributed by atoms with E-state index in [2.05, 4.69) is 15.0 Å². The van der Waals surface area contributed by atoms with Gasteiger partial charge in [-0.1, -0.05) is 30.3 Å². The molecule has 0 fully saturated rings. The van der Waals surface area contributed by atoms with Gasteiger partial charge in [0.25, 0.3) is 0 Å². The van der Waals surface area contributed by atoms with Crippen LogP contribution in [-0.2, 0) is 0 Å². The van der Waals surface area contributed by atoms with Crippen molar-refractivity contribution in [3.05, 3.63) is 245 Å². The van der Waals surface area contributed by atoms with Gasteiger partial charge < -0.3 is 4.98 Å². The standard InChI is InChI=1S/C50H13F20N3/c51-31-27(32(52)40(60)47(67)39(31)59)23-15-12-16(14-5-3-1-2-4-13(14)15)24(28-33(53)41(61)48(68)42(62)34(28)54)18-7-9-20(72-18)26(30-37(57)45(65)50(70)46(66)38(30)58)22-11-10-21(73-22)25(19-8-6-17(23)71-19)29-35(55)43(63)49(69)44(64)36(29)56/h1-12,71H. The average Bonchev–Trinajstić information content (AvgIpc) is 4.20. The van der Waals surface area contributed by atoms with Crippen LogP contribution in [0, 0.1) is 116 Å². The van der Waals surface area contributed by atoms with Crippen molar-refractivity contribution in [2.45, 2.75) is 0 Å². The van der Waals surface area contributed by atoms with Crippen LogP contribution in [0.25, 0.3) is 33.4 Å². The van der Waals surface area contributed by atoms with Gasteiger partial charge in [0, 0.05) is 33.0 Å². The largest absolute Gasteiger partial charge is 0.354 e. The maximum atomic E-state index is 16.3. The molecule has 73 heavy (non-hydrogen) atoms. The van der Waals surface area contributed by atoms with Crippen LogP contribution in [0.5, 0.6) is 0 Å². The number of aromatic nitrogens is 1. The van der Waals surface area contributed by atoms with E-state index >= 15 is 70.2 Å². The molecular formula is C50H13F20N3. The summed E-state index contributed by atoms with van der Waals surface area (Å²) < 4.78 is 309. The van der Waals surface area contributed by atoms with Gasteiger partial charge in [0.05, 0.1) is 45.1 Å². The van der Waals surface area contributed by atoms with Crippen LogP contribution in [-0.4, -0.2) is 16.4 Å². The van der Waals surface area contributed by atoms with E-state index in [4.69, 9.17) is 0 Å². The predicted molar refractivity (Wildman–Crippen MR) is 218 cm³/mol. The maximum Gasteiger partial charge on any atom is 0.200 e. The Bertz CT molecular complexity index is 3910. The third-order valence-electron chi connectivity index (χ3n) is 11.8. The summed E-state index contributed by atoms with van der Waals surface area (Å²) in [6.07, 6.45) is 2.46. The number of fused-ring (bicyclic) bond motifs is 9. The Morgan fingerprint density at radius 1 is 0.260 bits per heavy atom. The van der Waals surface area contributed by atoms with Gasteiger partial charge in [-0.2, -0.15) is 0 Å². The molecule has 4 heterocycles. The Morgan fingerprint density at radius 3 is 0.945 bits per heavy atom. The number of rotatable bonds is 4. The summed E-state index contributed by atoms with van der Waals surface area (Å²) in [4.78, 5) is 10.4. The lowest BCUT2D eigenvalue weighted by Crippen LogP contribution is -2.22. The number of benzene rings is 4. The monoisotopic (exact) mass is 1040 g/mol. The molecule has 23 heteroatoms. The van der Waals surface area contributed by atoms with Crippen molar-refractivity contribution in [2.75, 3.05) is 0 Å². The van der Waals surface area contributed by atoms with Crippen LogP contribution in [0.3, 0.4) is 0 Å². The molecule has 8 bridgehead atoms. The first-order valence-corrected chi connectivity index (χ1v) is 20.1. The average molecular weight is 1040 g/mol. The van der Waals surface area contributed by atoms with Gasteiger partial charge in [-0.3, -0.25) is 0 Å². The molecule has 0 radical (unpaired) electrons. The summed E-state index contributed by atoms with van der Waals surface area (Å²) in [5, 5.41) is -1.83. The predicted octanol–water partition coefficient (Wildman–Crippen LogP) is 12.6. The second-order valence-electron chi connectivity index (χ2n) is 15.7. The van der Waals surface area contributed by atoms with E-state index in [0.717, 1.165) is 24.3 Å². The Balaban J connectivity index is 1.51. The molecular weight excluding hydrogens is 1020 g/mol. The molecule has 10 rings (SSSR count). The molecule has 0 atom stereocenters. The van der Waals surface area contributed by atoms with Gasteiger partial charge >= 0.3 is 0 Å². The van der Waals surface area contributed by atoms with Gasteiger partial charge in [0.1, 0.15) is 0 Å². The minimum absolute atomic E-state index is 0.452. The molecule has 1 N–H and O–H groups in total. The zero-order valence-electron chi connectivity index (χ0n) is 34.9. The molecule has 0 saturated heterocycles. The van der Waals surface area contributed by atoms with E-state index in [9.17, 15) is 17.6 Å². The van der Waals surface area contributed by atoms with Gasteiger partial charge in [0.15, 0.2) is 93.1 Å². The highest BCUT2D eigenvalue weighted by atomic mass is 19.2. The molecule has 5 aliphatic rings. The molecule has 5 aromatic rings. The van der Waals surface area contributed by atoms with Crippen molar-refractivity contribution in [3.8, 4) is 11.1 Å². The minimum atomic E-state index is -2.72. The number of nitrogens with zero attached hydrogens (tertiary/aromatic N) is 2. The quantitative estimate of drug-likeness (QED) is 0.104. The Kier molecular flexibility index (Phi) is 11.3. The number of halogens is 20. The first kappa shape index (κ1) is 48.1. The number of hydrogen-bond acceptors (Lipinski definition) is 2. The molecule has 3 aliphatic heterocycles. The van der Waals surface area contributed by atoms with E-state index in [1.165, 1.54) is 6.07 Å². The maximum absolute atomic E-state index is 16.3. The number of aromatic amines is 1. The highest BCUT2D eigenvalue weighted by molar-refractivity contribution is 6.35. The van der Waals surface area contributed by atoms with Crippen molar-refractivity contribution in [1.82, 2.24) is 4.98 Å². The second-order valence-corrected chi connectivity index (χ2v) is 15.7. The molecule has 0 spiro atoms. The van der Waals surface area contributed by atoms with Crippen molar-refractivity contribution in [3.63, 3.8) is 0 Å². The van der Waals surface area contributed by atoms with E-state index in [1.54, 1.807) is 0 Å². The van der Waals surface area contributed by atoms with Crippen molar-refractivity contribution < 1.29 is 87.8 Å². The van der Waals surface area contributed by atoms with Gasteiger partial charge in [-0.25, -0.2) is 97.8 Å². The molecule has 1 aromatic heterocycles. The number of hydrogen-bond donors (Lipinski definition) is 1. The molecule has 0 amide bonds. The molecule has 0 saturated carbocycles. The van der Waals surface area contributed by atoms with Crippen molar-refractivity contribution in [1.29, 1.82) is 0 Å². The molecule has 3 nitrogen and oxygen atoms in total. The zero-order chi connectivity index (χ0) is 52.5. The first-order chi connectivity index (χ1) is 34.6. The zero-order valence-corrected chi connectivity index (χ0v) is 34.9. The summed E-state index contributed by atoms with van der Waals surface area (Å²) in [5.74, 6) is -52.6. The Hall–Kier alpha value is -8.50. The van der Waals surface area contributed by atoms with Crippen LogP contribution in [0.2, 0.25) is 0 Å². The topological polar surface area (TPSA) is 40.5 Å². The lowest BCUT2D eigenvalue weighted by molar-refractivity contribution is 0.376. The first-order valence-electron chi connectivity index (χ1n) is 20.1. The normalized spacial score (nSPS) is 14.5. The third-order valence-corrected chi connectivity index (χ3v) is 11.8. The van der Waals surface area contributed by atoms with Crippen molar-refractivity contribution in [2.24, 2.45) is 9.98 Å². The highest BCUT2D eigenvalue weighted by Crippen LogP contribution is 2.48. The van der Waals surface area contributed by atoms with Gasteiger partial charge in [0.2, 0.25) is 23.3 Å². The number of H-pyrrole nitrogens is 1. The smallest absolute Gasteiger partial charge is 0.200 e. The third kappa shape index (κ3) is 6.91. The van der Waals surface area contributed by atoms with Gasteiger partial charge in [-0.15, -0.1) is 0 Å². The van der Waals surface area contributed by atoms with Crippen molar-refractivity contribution >= 4 is 33.7 Å². The summed E-state index contributed by atoms with van der Waals surface area (Å²) in [7, 11) is 0. The number of aliphatic imine (C=N–C) groups is 2. The van der Waals surface area contributed by atoms with Crippen LogP contribution < -0.4 is 10.7 Å². The lowest BCUT2D eigenvalue weighted by atomic mass is 9.92. The lowest BCUT2D eigenvalue weighted by Gasteiger charge is -2.15. The van der Waals surface area contributed by atoms with Crippen LogP contribution in [0.4, 0.5) is 87.8 Å². The van der Waals surface area contributed by atoms with Crippen LogP contribution in [0.15, 0.2) is 94.2 Å². The fourth-order valence-electron chi connectivity index (χ4n) is 8.60. The second kappa shape index (κ2) is 17.1. The van der Waals surface area contributed by atoms with E-state index in [0.29, 0.717) is 42.5 Å². The molecule has 368 valence electrons. The summed E-state index contributed by atoms with van der Waals surface area (Å²) in [6.45, 7) is 0. The minimum Gasteiger partial charge on any atom is -0.354 e. The molecule has 0 unspecified atom stereocenters. The highest BCUT2D eigenvalue weighted by Gasteiger charge is 2.38. The van der Waals surface area contributed by atoms with E-state index in [1.807, 2.05) is 0 Å². The fourth-order valence-corrected chi connectivity index (χ4v) is 8.60. The van der Waals surface area contributed by atoms with E-state index < -0.39 is 217 Å². The summed E-state index contributed by atoms with van der Waals surface area (Å²) >= 11 is 0. The fraction of sp³-hybridized carbons (Fsp3) is 0. The Labute approximate surface area is 391 Å². The number of allylic oxidation sites excluding steroid dienone is 5. The van der Waals surface area contributed by atoms with Crippen LogP contribution in [0.1, 0.15) is 33.4 Å². The van der Waals surface area contributed by atoms with E-state index in [-0.39, 0.29) is 0 Å². The summed E-state index contributed by atoms with van der Waals surface area (Å²) in [6, 6.07) is 7.60. The van der Waals surface area contributed by atoms with Crippen LogP contribution >= 0.6 is 0 Å². The van der Waals surface area contributed by atoms with Gasteiger partial charge in [-0.05, 0) is 64.8 Å². The summed E-state index contributed by atoms with van der Waals surface area (Å²) in [5.41, 5.74) is -19.1. The molecule has 2 aliphatic carbocycles. The SMILES string of the molecule is Fc1c(F)c(F)c(C2=C3C=CC(=N3)C(c3c(F)c(F)c(F)c(F)c3F)=c3ccc([nH]3)=C(c3c(F)c(F)c(F)c(F)c3F)c3cc(c4cccccc3-4)C(c3c(F)c(F)c(F)c(F)c3F)=C3C=CC2=N3)c(F)c1F.